The van der Waals surface area contributed by atoms with E-state index in [0.717, 1.165) is 48.6 Å². The summed E-state index contributed by atoms with van der Waals surface area (Å²) in [5.41, 5.74) is 4.68. The summed E-state index contributed by atoms with van der Waals surface area (Å²) in [5, 5.41) is 2.72. The Morgan fingerprint density at radius 1 is 1.05 bits per heavy atom. The van der Waals surface area contributed by atoms with Crippen molar-refractivity contribution in [3.63, 3.8) is 0 Å². The summed E-state index contributed by atoms with van der Waals surface area (Å²) < 4.78 is 33.7. The smallest absolute Gasteiger partial charge is 0.325 e. The van der Waals surface area contributed by atoms with Crippen molar-refractivity contribution in [2.45, 2.75) is 31.7 Å². The molecule has 1 atom stereocenters. The number of thiazole rings is 1. The lowest BCUT2D eigenvalue weighted by molar-refractivity contribution is -0.120. The Labute approximate surface area is 246 Å². The van der Waals surface area contributed by atoms with Gasteiger partial charge in [0, 0.05) is 50.4 Å². The third kappa shape index (κ3) is 7.81. The van der Waals surface area contributed by atoms with Crippen LogP contribution in [0.4, 0.5) is 19.3 Å². The fourth-order valence-corrected chi connectivity index (χ4v) is 6.35. The molecule has 3 aromatic carbocycles. The molecule has 2 N–H and O–H groups in total. The number of rotatable bonds is 9. The molecule has 2 heterocycles. The fraction of sp³-hybridized carbons (Fsp3) is 0.300. The van der Waals surface area contributed by atoms with Crippen LogP contribution >= 0.6 is 23.5 Å². The van der Waals surface area contributed by atoms with Gasteiger partial charge in [-0.05, 0) is 66.6 Å². The number of amides is 3. The molecule has 1 aromatic heterocycles. The molecule has 0 radical (unpaired) electrons. The number of urea groups is 1. The van der Waals surface area contributed by atoms with Crippen molar-refractivity contribution in [1.29, 1.82) is 0 Å². The summed E-state index contributed by atoms with van der Waals surface area (Å²) in [6, 6.07) is 17.4. The van der Waals surface area contributed by atoms with Gasteiger partial charge in [0.25, 0.3) is 0 Å². The maximum absolute atomic E-state index is 13.9. The number of benzene rings is 3. The lowest BCUT2D eigenvalue weighted by Crippen LogP contribution is -2.51. The molecule has 1 fully saturated rings. The standard InChI is InChI=1S/C30H31F2N5O2S2/c1-36(25-7-8-28-26(18-25)33-19-40-28)29(38)27(16-22-14-23(31)17-24(32)15-22)34-30(39)35-41-37-11-9-21(10-12-37)13-20-5-3-2-4-6-20/h2-8,14-15,17-19,21,27H,9-13,16H2,1H3,(H2,34,35,39). The van der Waals surface area contributed by atoms with E-state index in [0.29, 0.717) is 11.6 Å². The van der Waals surface area contributed by atoms with Crippen LogP contribution in [0.3, 0.4) is 0 Å². The highest BCUT2D eigenvalue weighted by molar-refractivity contribution is 7.95. The van der Waals surface area contributed by atoms with E-state index in [2.05, 4.69) is 43.6 Å². The van der Waals surface area contributed by atoms with Gasteiger partial charge < -0.3 is 10.2 Å². The number of halogens is 2. The van der Waals surface area contributed by atoms with E-state index in [4.69, 9.17) is 0 Å². The Bertz CT molecular complexity index is 1470. The van der Waals surface area contributed by atoms with Crippen LogP contribution < -0.4 is 14.9 Å². The molecule has 5 rings (SSSR count). The average molecular weight is 596 g/mol. The van der Waals surface area contributed by atoms with Gasteiger partial charge in [0.1, 0.15) is 17.7 Å². The molecule has 4 aromatic rings. The quantitative estimate of drug-likeness (QED) is 0.233. The second kappa shape index (κ2) is 13.4. The normalized spacial score (nSPS) is 15.0. The predicted octanol–water partition coefficient (Wildman–Crippen LogP) is 5.97. The number of likely N-dealkylation sites (N-methyl/N-ethyl adjacent to an activating group) is 1. The van der Waals surface area contributed by atoms with Crippen LogP contribution in [0, 0.1) is 17.6 Å². The molecule has 7 nitrogen and oxygen atoms in total. The van der Waals surface area contributed by atoms with Crippen molar-refractivity contribution in [1.82, 2.24) is 19.3 Å². The molecule has 1 aliphatic rings. The molecule has 3 amide bonds. The van der Waals surface area contributed by atoms with Crippen LogP contribution in [0.25, 0.3) is 10.2 Å². The highest BCUT2D eigenvalue weighted by Gasteiger charge is 2.27. The lowest BCUT2D eigenvalue weighted by atomic mass is 9.91. The zero-order valence-electron chi connectivity index (χ0n) is 22.6. The summed E-state index contributed by atoms with van der Waals surface area (Å²) in [6.07, 6.45) is 3.00. The molecule has 1 saturated heterocycles. The Hall–Kier alpha value is -3.54. The number of aromatic nitrogens is 1. The van der Waals surface area contributed by atoms with Crippen LogP contribution in [0.1, 0.15) is 24.0 Å². The molecular formula is C30H31F2N5O2S2. The number of nitrogens with zero attached hydrogens (tertiary/aromatic N) is 3. The van der Waals surface area contributed by atoms with E-state index < -0.39 is 29.6 Å². The van der Waals surface area contributed by atoms with E-state index in [1.165, 1.54) is 46.1 Å². The van der Waals surface area contributed by atoms with Crippen LogP contribution in [0.2, 0.25) is 0 Å². The van der Waals surface area contributed by atoms with E-state index in [1.807, 2.05) is 12.1 Å². The molecule has 11 heteroatoms. The highest BCUT2D eigenvalue weighted by atomic mass is 32.2. The van der Waals surface area contributed by atoms with Gasteiger partial charge in [-0.2, -0.15) is 0 Å². The second-order valence-electron chi connectivity index (χ2n) is 10.2. The molecule has 0 saturated carbocycles. The van der Waals surface area contributed by atoms with Crippen LogP contribution in [-0.4, -0.2) is 47.4 Å². The van der Waals surface area contributed by atoms with Crippen LogP contribution in [0.15, 0.2) is 72.2 Å². The third-order valence-electron chi connectivity index (χ3n) is 7.21. The number of carbonyl (C=O) groups is 2. The summed E-state index contributed by atoms with van der Waals surface area (Å²) in [6.45, 7) is 1.66. The minimum atomic E-state index is -1.07. The van der Waals surface area contributed by atoms with E-state index >= 15 is 0 Å². The monoisotopic (exact) mass is 595 g/mol. The maximum atomic E-state index is 13.9. The Morgan fingerprint density at radius 3 is 2.51 bits per heavy atom. The zero-order valence-corrected chi connectivity index (χ0v) is 24.2. The Kier molecular flexibility index (Phi) is 9.48. The minimum Gasteiger partial charge on any atom is -0.325 e. The molecule has 214 valence electrons. The summed E-state index contributed by atoms with van der Waals surface area (Å²) in [5.74, 6) is -1.32. The van der Waals surface area contributed by atoms with Crippen molar-refractivity contribution < 1.29 is 18.4 Å². The van der Waals surface area contributed by atoms with Crippen molar-refractivity contribution in [3.05, 3.63) is 95.0 Å². The van der Waals surface area contributed by atoms with Gasteiger partial charge in [-0.25, -0.2) is 22.9 Å². The first-order valence-corrected chi connectivity index (χ1v) is 15.1. The first kappa shape index (κ1) is 29.0. The zero-order chi connectivity index (χ0) is 28.8. The van der Waals surface area contributed by atoms with Crippen LogP contribution in [-0.2, 0) is 17.6 Å². The lowest BCUT2D eigenvalue weighted by Gasteiger charge is -2.31. The van der Waals surface area contributed by atoms with Crippen molar-refractivity contribution in [2.24, 2.45) is 5.92 Å². The maximum Gasteiger partial charge on any atom is 0.326 e. The van der Waals surface area contributed by atoms with E-state index in [1.54, 1.807) is 24.7 Å². The number of nitrogens with one attached hydrogen (secondary N) is 2. The first-order valence-electron chi connectivity index (χ1n) is 13.4. The number of hydrogen-bond donors (Lipinski definition) is 2. The Morgan fingerprint density at radius 2 is 1.78 bits per heavy atom. The molecule has 1 unspecified atom stereocenters. The van der Waals surface area contributed by atoms with Crippen molar-refractivity contribution >= 4 is 51.3 Å². The van der Waals surface area contributed by atoms with Gasteiger partial charge in [-0.3, -0.25) is 9.52 Å². The molecule has 41 heavy (non-hydrogen) atoms. The molecule has 0 spiro atoms. The minimum absolute atomic E-state index is 0.0836. The summed E-state index contributed by atoms with van der Waals surface area (Å²) in [7, 11) is 1.60. The SMILES string of the molecule is CN(C(=O)C(Cc1cc(F)cc(F)c1)NC(=O)NSN1CCC(Cc2ccccc2)CC1)c1ccc2scnc2c1. The van der Waals surface area contributed by atoms with Gasteiger partial charge in [0.05, 0.1) is 15.7 Å². The molecule has 1 aliphatic heterocycles. The fourth-order valence-electron chi connectivity index (χ4n) is 5.03. The highest BCUT2D eigenvalue weighted by Crippen LogP contribution is 2.26. The number of carbonyl (C=O) groups excluding carboxylic acids is 2. The van der Waals surface area contributed by atoms with E-state index in [-0.39, 0.29) is 12.0 Å². The second-order valence-corrected chi connectivity index (χ2v) is 12.0. The van der Waals surface area contributed by atoms with Gasteiger partial charge in [0.15, 0.2) is 0 Å². The summed E-state index contributed by atoms with van der Waals surface area (Å²) in [4.78, 5) is 32.2. The number of fused-ring (bicyclic) bond motifs is 1. The number of hydrogen-bond acceptors (Lipinski definition) is 6. The van der Waals surface area contributed by atoms with Gasteiger partial charge >= 0.3 is 6.03 Å². The molecular weight excluding hydrogens is 564 g/mol. The van der Waals surface area contributed by atoms with Gasteiger partial charge in [0.2, 0.25) is 5.91 Å². The van der Waals surface area contributed by atoms with Gasteiger partial charge in [-0.15, -0.1) is 11.3 Å². The first-order chi connectivity index (χ1) is 19.8. The van der Waals surface area contributed by atoms with Crippen LogP contribution in [0.5, 0.6) is 0 Å². The van der Waals surface area contributed by atoms with Crippen molar-refractivity contribution in [3.8, 4) is 0 Å². The third-order valence-corrected chi connectivity index (χ3v) is 8.92. The molecule has 0 bridgehead atoms. The van der Waals surface area contributed by atoms with Crippen molar-refractivity contribution in [2.75, 3.05) is 25.0 Å². The average Bonchev–Trinajstić information content (AvgIpc) is 3.44. The number of piperidine rings is 1. The topological polar surface area (TPSA) is 77.6 Å². The Balaban J connectivity index is 1.20. The molecule has 0 aliphatic carbocycles. The van der Waals surface area contributed by atoms with Gasteiger partial charge in [-0.1, -0.05) is 30.3 Å². The number of anilines is 1. The largest absolute Gasteiger partial charge is 0.326 e. The predicted molar refractivity (Wildman–Crippen MR) is 161 cm³/mol. The van der Waals surface area contributed by atoms with E-state index in [9.17, 15) is 18.4 Å². The summed E-state index contributed by atoms with van der Waals surface area (Å²) >= 11 is 2.70.